The summed E-state index contributed by atoms with van der Waals surface area (Å²) in [6, 6.07) is 0. The number of nitro groups is 2. The molecule has 0 atom stereocenters. The van der Waals surface area contributed by atoms with Gasteiger partial charge in [0, 0.05) is 0 Å². The lowest BCUT2D eigenvalue weighted by Crippen LogP contribution is -2.44. The van der Waals surface area contributed by atoms with Gasteiger partial charge in [0.1, 0.15) is 16.2 Å². The summed E-state index contributed by atoms with van der Waals surface area (Å²) in [5.74, 6) is -2.58. The highest BCUT2D eigenvalue weighted by molar-refractivity contribution is 5.82. The van der Waals surface area contributed by atoms with Crippen LogP contribution >= 0.6 is 0 Å². The maximum Gasteiger partial charge on any atom is 0.599 e. The van der Waals surface area contributed by atoms with Gasteiger partial charge in [0.2, 0.25) is 0 Å². The minimum absolute atomic E-state index is 0.576. The third kappa shape index (κ3) is 0.838. The Kier molecular flexibility index (Phi) is 1.37. The Hall–Kier alpha value is -1.86. The molecule has 0 N–H and O–H groups in total. The summed E-state index contributed by atoms with van der Waals surface area (Å²) < 4.78 is 0. The highest BCUT2D eigenvalue weighted by Crippen LogP contribution is 2.12. The fraction of sp³-hybridized carbons (Fsp3) is 0.333. The molecule has 0 saturated carbocycles. The minimum Gasteiger partial charge on any atom is -0.256 e. The molecule has 0 spiro atoms. The monoisotopic (exact) mass is 158 g/mol. The van der Waals surface area contributed by atoms with Crippen LogP contribution in [0.25, 0.3) is 0 Å². The van der Waals surface area contributed by atoms with Crippen LogP contribution in [0.2, 0.25) is 0 Å². The third-order valence-corrected chi connectivity index (χ3v) is 1.10. The number of nitrogens with zero attached hydrogens (tertiary/aromatic N) is 4. The Morgan fingerprint density at radius 3 is 2.00 bits per heavy atom. The second-order valence-corrected chi connectivity index (χ2v) is 1.72. The molecule has 0 aromatic carbocycles. The first-order chi connectivity index (χ1) is 5.09. The van der Waals surface area contributed by atoms with Crippen molar-refractivity contribution in [2.45, 2.75) is 5.79 Å². The number of rotatable bonds is 2. The predicted molar refractivity (Wildman–Crippen MR) is 33.7 cm³/mol. The maximum absolute atomic E-state index is 10.1. The molecule has 0 fully saturated rings. The lowest BCUT2D eigenvalue weighted by Gasteiger charge is -2.01. The molecule has 0 radical (unpaired) electrons. The average Bonchev–Trinajstić information content (AvgIpc) is 2.34. The Morgan fingerprint density at radius 2 is 1.82 bits per heavy atom. The molecule has 0 aromatic rings. The van der Waals surface area contributed by atoms with Crippen molar-refractivity contribution in [2.24, 2.45) is 9.98 Å². The zero-order valence-corrected chi connectivity index (χ0v) is 5.08. The molecule has 1 rings (SSSR count). The molecule has 1 heterocycles. The van der Waals surface area contributed by atoms with Gasteiger partial charge in [-0.15, -0.1) is 4.99 Å². The molecule has 58 valence electrons. The van der Waals surface area contributed by atoms with E-state index in [-0.39, 0.29) is 0 Å². The van der Waals surface area contributed by atoms with Gasteiger partial charge in [0.15, 0.2) is 6.21 Å². The van der Waals surface area contributed by atoms with E-state index < -0.39 is 15.6 Å². The zero-order chi connectivity index (χ0) is 8.48. The molecule has 0 bridgehead atoms. The Morgan fingerprint density at radius 1 is 1.27 bits per heavy atom. The standard InChI is InChI=1S/C3H2N4O4/c8-6(9)3(7(10)11)1-4-2-5-3/h1-2H. The molecular formula is C3H2N4O4. The second-order valence-electron chi connectivity index (χ2n) is 1.72. The van der Waals surface area contributed by atoms with Gasteiger partial charge >= 0.3 is 5.79 Å². The normalized spacial score (nSPS) is 18.5. The fourth-order valence-electron chi connectivity index (χ4n) is 0.540. The largest absolute Gasteiger partial charge is 0.599 e. The van der Waals surface area contributed by atoms with Crippen LogP contribution in [0.3, 0.4) is 0 Å². The zero-order valence-electron chi connectivity index (χ0n) is 5.08. The Balaban J connectivity index is 3.09. The number of aliphatic imine (C=N–C) groups is 2. The van der Waals surface area contributed by atoms with Gasteiger partial charge < -0.3 is 0 Å². The van der Waals surface area contributed by atoms with Gasteiger partial charge in [0.25, 0.3) is 0 Å². The van der Waals surface area contributed by atoms with E-state index in [9.17, 15) is 20.2 Å². The summed E-state index contributed by atoms with van der Waals surface area (Å²) in [6.45, 7) is 0. The van der Waals surface area contributed by atoms with Crippen molar-refractivity contribution in [1.82, 2.24) is 0 Å². The molecule has 0 aromatic heterocycles. The summed E-state index contributed by atoms with van der Waals surface area (Å²) in [7, 11) is 0. The van der Waals surface area contributed by atoms with E-state index in [1.54, 1.807) is 0 Å². The van der Waals surface area contributed by atoms with Gasteiger partial charge in [-0.1, -0.05) is 0 Å². The van der Waals surface area contributed by atoms with Crippen LogP contribution in [-0.4, -0.2) is 28.2 Å². The molecule has 8 heteroatoms. The van der Waals surface area contributed by atoms with Crippen LogP contribution in [0, 0.1) is 20.2 Å². The van der Waals surface area contributed by atoms with Gasteiger partial charge in [-0.05, 0) is 0 Å². The molecule has 11 heavy (non-hydrogen) atoms. The maximum atomic E-state index is 10.1. The quantitative estimate of drug-likeness (QED) is 0.300. The molecule has 0 saturated heterocycles. The van der Waals surface area contributed by atoms with E-state index in [1.807, 2.05) is 0 Å². The van der Waals surface area contributed by atoms with Crippen LogP contribution in [-0.2, 0) is 0 Å². The molecule has 1 aliphatic rings. The van der Waals surface area contributed by atoms with Crippen LogP contribution in [0.4, 0.5) is 0 Å². The van der Waals surface area contributed by atoms with E-state index in [4.69, 9.17) is 0 Å². The number of hydrogen-bond acceptors (Lipinski definition) is 6. The minimum atomic E-state index is -2.58. The first-order valence-electron chi connectivity index (χ1n) is 2.46. The van der Waals surface area contributed by atoms with E-state index in [0.29, 0.717) is 6.21 Å². The summed E-state index contributed by atoms with van der Waals surface area (Å²) in [4.78, 5) is 24.2. The van der Waals surface area contributed by atoms with Crippen LogP contribution in [0.15, 0.2) is 9.98 Å². The van der Waals surface area contributed by atoms with Crippen molar-refractivity contribution in [3.05, 3.63) is 20.2 Å². The lowest BCUT2D eigenvalue weighted by atomic mass is 10.4. The van der Waals surface area contributed by atoms with E-state index in [0.717, 1.165) is 6.34 Å². The topological polar surface area (TPSA) is 111 Å². The molecule has 8 nitrogen and oxygen atoms in total. The first kappa shape index (κ1) is 7.25. The summed E-state index contributed by atoms with van der Waals surface area (Å²) in [5.41, 5.74) is 0. The molecule has 0 amide bonds. The van der Waals surface area contributed by atoms with E-state index >= 15 is 0 Å². The molecular weight excluding hydrogens is 156 g/mol. The average molecular weight is 158 g/mol. The summed E-state index contributed by atoms with van der Waals surface area (Å²) in [5, 5.41) is 20.2. The van der Waals surface area contributed by atoms with Crippen molar-refractivity contribution in [2.75, 3.05) is 0 Å². The molecule has 0 aliphatic carbocycles. The Labute approximate surface area is 59.6 Å². The van der Waals surface area contributed by atoms with E-state index in [2.05, 4.69) is 9.98 Å². The van der Waals surface area contributed by atoms with Gasteiger partial charge in [0.05, 0.1) is 0 Å². The Bertz CT molecular complexity index is 241. The van der Waals surface area contributed by atoms with Crippen molar-refractivity contribution in [1.29, 1.82) is 0 Å². The van der Waals surface area contributed by atoms with Crippen molar-refractivity contribution < 1.29 is 9.85 Å². The lowest BCUT2D eigenvalue weighted by molar-refractivity contribution is -0.767. The van der Waals surface area contributed by atoms with Crippen LogP contribution in [0.5, 0.6) is 0 Å². The second kappa shape index (κ2) is 2.08. The fourth-order valence-corrected chi connectivity index (χ4v) is 0.540. The van der Waals surface area contributed by atoms with E-state index in [1.165, 1.54) is 0 Å². The van der Waals surface area contributed by atoms with Crippen molar-refractivity contribution >= 4 is 12.6 Å². The third-order valence-electron chi connectivity index (χ3n) is 1.10. The van der Waals surface area contributed by atoms with Gasteiger partial charge in [-0.3, -0.25) is 20.2 Å². The smallest absolute Gasteiger partial charge is 0.256 e. The van der Waals surface area contributed by atoms with Crippen molar-refractivity contribution in [3.8, 4) is 0 Å². The van der Waals surface area contributed by atoms with Crippen molar-refractivity contribution in [3.63, 3.8) is 0 Å². The van der Waals surface area contributed by atoms with Crippen LogP contribution < -0.4 is 0 Å². The summed E-state index contributed by atoms with van der Waals surface area (Å²) >= 11 is 0. The molecule has 1 aliphatic heterocycles. The van der Waals surface area contributed by atoms with Crippen LogP contribution in [0.1, 0.15) is 0 Å². The first-order valence-corrected chi connectivity index (χ1v) is 2.46. The van der Waals surface area contributed by atoms with Gasteiger partial charge in [-0.25, -0.2) is 4.99 Å². The predicted octanol–water partition coefficient (Wildman–Crippen LogP) is -0.694. The highest BCUT2D eigenvalue weighted by Gasteiger charge is 2.56. The number of hydrogen-bond donors (Lipinski definition) is 0. The highest BCUT2D eigenvalue weighted by atomic mass is 16.7. The summed E-state index contributed by atoms with van der Waals surface area (Å²) in [6.07, 6.45) is 1.36. The SMILES string of the molecule is O=[N+]([O-])C1([N+](=O)[O-])C=NC=N1. The van der Waals surface area contributed by atoms with Gasteiger partial charge in [-0.2, -0.15) is 0 Å². The molecule has 0 unspecified atom stereocenters.